The summed E-state index contributed by atoms with van der Waals surface area (Å²) in [6.45, 7) is 4.44. The Kier molecular flexibility index (Phi) is 4.58. The number of anilines is 1. The molecule has 1 amide bonds. The van der Waals surface area contributed by atoms with Crippen LogP contribution in [0.4, 0.5) is 5.82 Å². The molecule has 0 saturated carbocycles. The fraction of sp³-hybridized carbons (Fsp3) is 0.294. The predicted octanol–water partition coefficient (Wildman–Crippen LogP) is 2.69. The number of benzene rings is 1. The monoisotopic (exact) mass is 283 g/mol. The Labute approximate surface area is 125 Å². The molecule has 4 nitrogen and oxygen atoms in total. The van der Waals surface area contributed by atoms with Crippen LogP contribution in [0.3, 0.4) is 0 Å². The second-order valence-corrected chi connectivity index (χ2v) is 5.38. The Morgan fingerprint density at radius 2 is 2.00 bits per heavy atom. The van der Waals surface area contributed by atoms with Gasteiger partial charge in [-0.05, 0) is 31.5 Å². The van der Waals surface area contributed by atoms with Gasteiger partial charge in [0.2, 0.25) is 0 Å². The molecule has 0 spiro atoms. The molecule has 0 saturated heterocycles. The SMILES string of the molecule is Cc1ccc(C(=O)NCc2cccnc2N(C)C)c(C)c1. The quantitative estimate of drug-likeness (QED) is 0.938. The summed E-state index contributed by atoms with van der Waals surface area (Å²) in [6, 6.07) is 9.70. The number of carbonyl (C=O) groups excluding carboxylic acids is 1. The van der Waals surface area contributed by atoms with E-state index >= 15 is 0 Å². The third-order valence-electron chi connectivity index (χ3n) is 3.36. The molecule has 2 rings (SSSR count). The fourth-order valence-electron chi connectivity index (χ4n) is 2.31. The van der Waals surface area contributed by atoms with Crippen LogP contribution in [0, 0.1) is 13.8 Å². The van der Waals surface area contributed by atoms with Crippen LogP contribution in [-0.4, -0.2) is 25.0 Å². The van der Waals surface area contributed by atoms with Gasteiger partial charge in [0.1, 0.15) is 5.82 Å². The second kappa shape index (κ2) is 6.39. The number of rotatable bonds is 4. The Hall–Kier alpha value is -2.36. The fourth-order valence-corrected chi connectivity index (χ4v) is 2.31. The predicted molar refractivity (Wildman–Crippen MR) is 85.7 cm³/mol. The Morgan fingerprint density at radius 3 is 2.67 bits per heavy atom. The zero-order chi connectivity index (χ0) is 15.4. The first kappa shape index (κ1) is 15.0. The van der Waals surface area contributed by atoms with Crippen molar-refractivity contribution >= 4 is 11.7 Å². The topological polar surface area (TPSA) is 45.2 Å². The molecular formula is C17H21N3O. The lowest BCUT2D eigenvalue weighted by molar-refractivity contribution is 0.0950. The molecule has 0 atom stereocenters. The molecular weight excluding hydrogens is 262 g/mol. The number of nitrogens with zero attached hydrogens (tertiary/aromatic N) is 2. The van der Waals surface area contributed by atoms with Gasteiger partial charge in [-0.3, -0.25) is 4.79 Å². The standard InChI is InChI=1S/C17H21N3O/c1-12-7-8-15(13(2)10-12)17(21)19-11-14-6-5-9-18-16(14)20(3)4/h5-10H,11H2,1-4H3,(H,19,21). The maximum absolute atomic E-state index is 12.3. The van der Waals surface area contributed by atoms with E-state index in [0.717, 1.165) is 28.1 Å². The summed E-state index contributed by atoms with van der Waals surface area (Å²) < 4.78 is 0. The highest BCUT2D eigenvalue weighted by atomic mass is 16.1. The zero-order valence-corrected chi connectivity index (χ0v) is 13.0. The van der Waals surface area contributed by atoms with E-state index in [1.54, 1.807) is 6.20 Å². The van der Waals surface area contributed by atoms with Crippen LogP contribution in [-0.2, 0) is 6.54 Å². The van der Waals surface area contributed by atoms with Crippen molar-refractivity contribution < 1.29 is 4.79 Å². The third kappa shape index (κ3) is 3.60. The van der Waals surface area contributed by atoms with E-state index in [1.165, 1.54) is 0 Å². The molecule has 1 N–H and O–H groups in total. The number of aromatic nitrogens is 1. The van der Waals surface area contributed by atoms with Crippen LogP contribution in [0.25, 0.3) is 0 Å². The van der Waals surface area contributed by atoms with Crippen molar-refractivity contribution in [3.8, 4) is 0 Å². The van der Waals surface area contributed by atoms with Gasteiger partial charge in [-0.1, -0.05) is 23.8 Å². The maximum Gasteiger partial charge on any atom is 0.251 e. The first-order valence-corrected chi connectivity index (χ1v) is 6.95. The highest BCUT2D eigenvalue weighted by Crippen LogP contribution is 2.15. The Morgan fingerprint density at radius 1 is 1.24 bits per heavy atom. The summed E-state index contributed by atoms with van der Waals surface area (Å²) >= 11 is 0. The van der Waals surface area contributed by atoms with E-state index in [9.17, 15) is 4.79 Å². The average Bonchev–Trinajstić information content (AvgIpc) is 2.45. The molecule has 2 aromatic rings. The van der Waals surface area contributed by atoms with E-state index < -0.39 is 0 Å². The summed E-state index contributed by atoms with van der Waals surface area (Å²) in [4.78, 5) is 18.6. The summed E-state index contributed by atoms with van der Waals surface area (Å²) in [7, 11) is 3.88. The number of hydrogen-bond acceptors (Lipinski definition) is 3. The molecule has 0 aliphatic rings. The molecule has 0 unspecified atom stereocenters. The van der Waals surface area contributed by atoms with Crippen LogP contribution in [0.15, 0.2) is 36.5 Å². The first-order valence-electron chi connectivity index (χ1n) is 6.95. The minimum absolute atomic E-state index is 0.0546. The van der Waals surface area contributed by atoms with E-state index in [-0.39, 0.29) is 5.91 Å². The number of carbonyl (C=O) groups is 1. The van der Waals surface area contributed by atoms with Gasteiger partial charge in [0, 0.05) is 38.0 Å². The van der Waals surface area contributed by atoms with Gasteiger partial charge in [-0.2, -0.15) is 0 Å². The highest BCUT2D eigenvalue weighted by molar-refractivity contribution is 5.95. The molecule has 21 heavy (non-hydrogen) atoms. The molecule has 110 valence electrons. The van der Waals surface area contributed by atoms with Gasteiger partial charge >= 0.3 is 0 Å². The molecule has 1 aromatic carbocycles. The van der Waals surface area contributed by atoms with E-state index in [4.69, 9.17) is 0 Å². The van der Waals surface area contributed by atoms with Gasteiger partial charge in [-0.15, -0.1) is 0 Å². The van der Waals surface area contributed by atoms with Crippen LogP contribution >= 0.6 is 0 Å². The van der Waals surface area contributed by atoms with Gasteiger partial charge in [0.25, 0.3) is 5.91 Å². The summed E-state index contributed by atoms with van der Waals surface area (Å²) in [6.07, 6.45) is 1.75. The van der Waals surface area contributed by atoms with Gasteiger partial charge in [0.05, 0.1) is 0 Å². The molecule has 0 fully saturated rings. The van der Waals surface area contributed by atoms with Crippen LogP contribution in [0.2, 0.25) is 0 Å². The van der Waals surface area contributed by atoms with Gasteiger partial charge < -0.3 is 10.2 Å². The Bertz CT molecular complexity index is 650. The summed E-state index contributed by atoms with van der Waals surface area (Å²) in [5.74, 6) is 0.819. The minimum Gasteiger partial charge on any atom is -0.362 e. The van der Waals surface area contributed by atoms with Crippen molar-refractivity contribution in [2.75, 3.05) is 19.0 Å². The maximum atomic E-state index is 12.3. The molecule has 1 aromatic heterocycles. The number of aryl methyl sites for hydroxylation is 2. The number of nitrogens with one attached hydrogen (secondary N) is 1. The van der Waals surface area contributed by atoms with Crippen molar-refractivity contribution in [2.24, 2.45) is 0 Å². The van der Waals surface area contributed by atoms with E-state index in [0.29, 0.717) is 6.54 Å². The lowest BCUT2D eigenvalue weighted by Crippen LogP contribution is -2.25. The first-order chi connectivity index (χ1) is 9.99. The van der Waals surface area contributed by atoms with E-state index in [1.807, 2.05) is 63.2 Å². The van der Waals surface area contributed by atoms with Crippen molar-refractivity contribution in [2.45, 2.75) is 20.4 Å². The highest BCUT2D eigenvalue weighted by Gasteiger charge is 2.10. The second-order valence-electron chi connectivity index (χ2n) is 5.38. The van der Waals surface area contributed by atoms with Crippen LogP contribution < -0.4 is 10.2 Å². The number of hydrogen-bond donors (Lipinski definition) is 1. The Balaban J connectivity index is 2.11. The van der Waals surface area contributed by atoms with Crippen molar-refractivity contribution in [1.82, 2.24) is 10.3 Å². The average molecular weight is 283 g/mol. The van der Waals surface area contributed by atoms with Gasteiger partial charge in [0.15, 0.2) is 0 Å². The number of pyridine rings is 1. The molecule has 0 aliphatic heterocycles. The lowest BCUT2D eigenvalue weighted by atomic mass is 10.1. The normalized spacial score (nSPS) is 10.3. The molecule has 0 radical (unpaired) electrons. The smallest absolute Gasteiger partial charge is 0.251 e. The van der Waals surface area contributed by atoms with Crippen LogP contribution in [0.5, 0.6) is 0 Å². The lowest BCUT2D eigenvalue weighted by Gasteiger charge is -2.16. The largest absolute Gasteiger partial charge is 0.362 e. The van der Waals surface area contributed by atoms with Crippen molar-refractivity contribution in [3.63, 3.8) is 0 Å². The minimum atomic E-state index is -0.0546. The van der Waals surface area contributed by atoms with E-state index in [2.05, 4.69) is 10.3 Å². The zero-order valence-electron chi connectivity index (χ0n) is 13.0. The van der Waals surface area contributed by atoms with Crippen molar-refractivity contribution in [1.29, 1.82) is 0 Å². The number of amides is 1. The third-order valence-corrected chi connectivity index (χ3v) is 3.36. The van der Waals surface area contributed by atoms with Crippen molar-refractivity contribution in [3.05, 3.63) is 58.8 Å². The molecule has 0 aliphatic carbocycles. The molecule has 4 heteroatoms. The molecule has 0 bridgehead atoms. The summed E-state index contributed by atoms with van der Waals surface area (Å²) in [5, 5.41) is 2.97. The molecule has 1 heterocycles. The van der Waals surface area contributed by atoms with Crippen LogP contribution in [0.1, 0.15) is 27.0 Å². The summed E-state index contributed by atoms with van der Waals surface area (Å²) in [5.41, 5.74) is 3.87. The van der Waals surface area contributed by atoms with Gasteiger partial charge in [-0.25, -0.2) is 4.98 Å².